The summed E-state index contributed by atoms with van der Waals surface area (Å²) >= 11 is 0. The van der Waals surface area contributed by atoms with Gasteiger partial charge in [0, 0.05) is 31.5 Å². The van der Waals surface area contributed by atoms with E-state index in [-0.39, 0.29) is 5.60 Å². The summed E-state index contributed by atoms with van der Waals surface area (Å²) in [7, 11) is 1.74. The summed E-state index contributed by atoms with van der Waals surface area (Å²) in [6, 6.07) is 7.62. The van der Waals surface area contributed by atoms with Crippen molar-refractivity contribution in [2.75, 3.05) is 25.1 Å². The van der Waals surface area contributed by atoms with E-state index in [1.807, 2.05) is 24.3 Å². The zero-order valence-electron chi connectivity index (χ0n) is 9.06. The zero-order chi connectivity index (χ0) is 10.9. The summed E-state index contributed by atoms with van der Waals surface area (Å²) in [6.45, 7) is 3.91. The molecule has 0 atom stereocenters. The molecule has 3 nitrogen and oxygen atoms in total. The Bertz CT molecular complexity index is 352. The third kappa shape index (κ3) is 1.88. The summed E-state index contributed by atoms with van der Waals surface area (Å²) < 4.78 is 5.37. The van der Waals surface area contributed by atoms with Crippen molar-refractivity contribution in [3.63, 3.8) is 0 Å². The van der Waals surface area contributed by atoms with Gasteiger partial charge in [-0.3, -0.25) is 4.79 Å². The lowest BCUT2D eigenvalue weighted by Gasteiger charge is -2.48. The van der Waals surface area contributed by atoms with E-state index >= 15 is 0 Å². The largest absolute Gasteiger partial charge is 0.375 e. The number of benzene rings is 1. The molecule has 0 aliphatic carbocycles. The van der Waals surface area contributed by atoms with E-state index < -0.39 is 0 Å². The first-order valence-electron chi connectivity index (χ1n) is 5.02. The predicted molar refractivity (Wildman–Crippen MR) is 59.5 cm³/mol. The number of nitrogens with zero attached hydrogens (tertiary/aromatic N) is 1. The topological polar surface area (TPSA) is 29.5 Å². The molecule has 1 aromatic rings. The van der Waals surface area contributed by atoms with Gasteiger partial charge in [0.2, 0.25) is 0 Å². The van der Waals surface area contributed by atoms with E-state index in [0.29, 0.717) is 5.56 Å². The molecule has 0 radical (unpaired) electrons. The number of methoxy groups -OCH3 is 1. The lowest BCUT2D eigenvalue weighted by Crippen LogP contribution is -2.61. The Morgan fingerprint density at radius 2 is 1.93 bits per heavy atom. The summed E-state index contributed by atoms with van der Waals surface area (Å²) in [4.78, 5) is 12.7. The summed E-state index contributed by atoms with van der Waals surface area (Å²) in [5.74, 6) is 0. The summed E-state index contributed by atoms with van der Waals surface area (Å²) in [5.41, 5.74) is 1.85. The highest BCUT2D eigenvalue weighted by atomic mass is 16.5. The van der Waals surface area contributed by atoms with Crippen LogP contribution < -0.4 is 4.90 Å². The van der Waals surface area contributed by atoms with Gasteiger partial charge in [-0.2, -0.15) is 0 Å². The van der Waals surface area contributed by atoms with Crippen LogP contribution >= 0.6 is 0 Å². The van der Waals surface area contributed by atoms with Gasteiger partial charge in [-0.05, 0) is 31.2 Å². The van der Waals surface area contributed by atoms with Gasteiger partial charge in [-0.15, -0.1) is 0 Å². The minimum Gasteiger partial charge on any atom is -0.375 e. The van der Waals surface area contributed by atoms with E-state index in [1.165, 1.54) is 0 Å². The van der Waals surface area contributed by atoms with E-state index in [2.05, 4.69) is 11.8 Å². The Labute approximate surface area is 89.7 Å². The van der Waals surface area contributed by atoms with Crippen molar-refractivity contribution in [1.82, 2.24) is 0 Å². The van der Waals surface area contributed by atoms with Crippen LogP contribution in [0, 0.1) is 0 Å². The smallest absolute Gasteiger partial charge is 0.150 e. The van der Waals surface area contributed by atoms with Crippen molar-refractivity contribution >= 4 is 12.0 Å². The van der Waals surface area contributed by atoms with E-state index in [0.717, 1.165) is 25.1 Å². The molecule has 15 heavy (non-hydrogen) atoms. The van der Waals surface area contributed by atoms with Gasteiger partial charge in [0.1, 0.15) is 6.29 Å². The Kier molecular flexibility index (Phi) is 2.49. The molecule has 80 valence electrons. The van der Waals surface area contributed by atoms with Crippen LogP contribution in [0.15, 0.2) is 24.3 Å². The maximum Gasteiger partial charge on any atom is 0.150 e. The molecule has 1 aliphatic rings. The standard InChI is InChI=1S/C12H15NO2/c1-12(15-2)8-13(9-12)11-5-3-10(7-14)4-6-11/h3-7H,8-9H2,1-2H3. The van der Waals surface area contributed by atoms with Crippen molar-refractivity contribution in [2.24, 2.45) is 0 Å². The van der Waals surface area contributed by atoms with E-state index in [4.69, 9.17) is 4.74 Å². The van der Waals surface area contributed by atoms with Crippen LogP contribution in [-0.4, -0.2) is 32.1 Å². The number of rotatable bonds is 3. The van der Waals surface area contributed by atoms with Crippen molar-refractivity contribution < 1.29 is 9.53 Å². The second-order valence-electron chi connectivity index (χ2n) is 4.22. The Morgan fingerprint density at radius 3 is 2.40 bits per heavy atom. The highest BCUT2D eigenvalue weighted by Gasteiger charge is 2.38. The van der Waals surface area contributed by atoms with Crippen LogP contribution in [0.25, 0.3) is 0 Å². The molecule has 3 heteroatoms. The minimum atomic E-state index is -0.0106. The van der Waals surface area contributed by atoms with Crippen LogP contribution in [0.3, 0.4) is 0 Å². The molecule has 1 heterocycles. The van der Waals surface area contributed by atoms with Gasteiger partial charge in [-0.25, -0.2) is 0 Å². The van der Waals surface area contributed by atoms with Crippen molar-refractivity contribution in [2.45, 2.75) is 12.5 Å². The van der Waals surface area contributed by atoms with Gasteiger partial charge in [0.15, 0.2) is 0 Å². The highest BCUT2D eigenvalue weighted by molar-refractivity contribution is 5.75. The number of carbonyl (C=O) groups excluding carboxylic acids is 1. The fraction of sp³-hybridized carbons (Fsp3) is 0.417. The van der Waals surface area contributed by atoms with Gasteiger partial charge in [0.05, 0.1) is 5.60 Å². The van der Waals surface area contributed by atoms with Crippen LogP contribution in [0.4, 0.5) is 5.69 Å². The fourth-order valence-electron chi connectivity index (χ4n) is 1.84. The third-order valence-corrected chi connectivity index (χ3v) is 2.94. The average molecular weight is 205 g/mol. The SMILES string of the molecule is COC1(C)CN(c2ccc(C=O)cc2)C1. The van der Waals surface area contributed by atoms with Crippen molar-refractivity contribution in [3.8, 4) is 0 Å². The Morgan fingerprint density at radius 1 is 1.33 bits per heavy atom. The van der Waals surface area contributed by atoms with Gasteiger partial charge >= 0.3 is 0 Å². The van der Waals surface area contributed by atoms with Crippen LogP contribution in [0.2, 0.25) is 0 Å². The molecular formula is C12H15NO2. The molecule has 0 amide bonds. The second-order valence-corrected chi connectivity index (χ2v) is 4.22. The quantitative estimate of drug-likeness (QED) is 0.704. The molecule has 2 rings (SSSR count). The summed E-state index contributed by atoms with van der Waals surface area (Å²) in [5, 5.41) is 0. The van der Waals surface area contributed by atoms with Crippen LogP contribution in [0.5, 0.6) is 0 Å². The molecule has 0 spiro atoms. The van der Waals surface area contributed by atoms with E-state index in [9.17, 15) is 4.79 Å². The first kappa shape index (κ1) is 10.2. The first-order chi connectivity index (χ1) is 7.17. The molecule has 1 fully saturated rings. The number of ether oxygens (including phenoxy) is 1. The molecule has 0 saturated carbocycles. The summed E-state index contributed by atoms with van der Waals surface area (Å²) in [6.07, 6.45) is 0.860. The molecule has 1 aliphatic heterocycles. The molecule has 0 unspecified atom stereocenters. The molecule has 0 bridgehead atoms. The number of carbonyl (C=O) groups is 1. The van der Waals surface area contributed by atoms with Gasteiger partial charge in [0.25, 0.3) is 0 Å². The molecule has 0 aromatic heterocycles. The fourth-order valence-corrected chi connectivity index (χ4v) is 1.84. The monoisotopic (exact) mass is 205 g/mol. The number of anilines is 1. The van der Waals surface area contributed by atoms with Crippen molar-refractivity contribution in [3.05, 3.63) is 29.8 Å². The molecule has 1 aromatic carbocycles. The first-order valence-corrected chi connectivity index (χ1v) is 5.02. The van der Waals surface area contributed by atoms with Crippen molar-refractivity contribution in [1.29, 1.82) is 0 Å². The second kappa shape index (κ2) is 3.66. The van der Waals surface area contributed by atoms with Crippen LogP contribution in [0.1, 0.15) is 17.3 Å². The lowest BCUT2D eigenvalue weighted by atomic mass is 9.95. The number of hydrogen-bond acceptors (Lipinski definition) is 3. The molecule has 1 saturated heterocycles. The average Bonchev–Trinajstić information content (AvgIpc) is 2.25. The molecule has 0 N–H and O–H groups in total. The Balaban J connectivity index is 2.04. The molecular weight excluding hydrogens is 190 g/mol. The Hall–Kier alpha value is -1.35. The lowest BCUT2D eigenvalue weighted by molar-refractivity contribution is -0.0167. The predicted octanol–water partition coefficient (Wildman–Crippen LogP) is 1.72. The van der Waals surface area contributed by atoms with Gasteiger partial charge < -0.3 is 9.64 Å². The zero-order valence-corrected chi connectivity index (χ0v) is 9.06. The highest BCUT2D eigenvalue weighted by Crippen LogP contribution is 2.29. The maximum absolute atomic E-state index is 10.5. The van der Waals surface area contributed by atoms with Crippen LogP contribution in [-0.2, 0) is 4.74 Å². The third-order valence-electron chi connectivity index (χ3n) is 2.94. The normalized spacial score (nSPS) is 18.4. The number of hydrogen-bond donors (Lipinski definition) is 0. The van der Waals surface area contributed by atoms with Gasteiger partial charge in [-0.1, -0.05) is 0 Å². The maximum atomic E-state index is 10.5. The number of aldehydes is 1. The minimum absolute atomic E-state index is 0.0106. The van der Waals surface area contributed by atoms with E-state index in [1.54, 1.807) is 7.11 Å².